The Kier molecular flexibility index (Phi) is 9.41. The number of carbonyl (C=O) groups is 1. The van der Waals surface area contributed by atoms with Gasteiger partial charge in [-0.1, -0.05) is 13.3 Å². The molecule has 0 bridgehead atoms. The molecule has 40 heavy (non-hydrogen) atoms. The zero-order valence-electron chi connectivity index (χ0n) is 21.6. The van der Waals surface area contributed by atoms with E-state index in [2.05, 4.69) is 17.6 Å². The monoisotopic (exact) mass is 578 g/mol. The SMILES string of the molecule is CCCCOc1ccc(C(=O)NC(=S)Nc2ccc(N3CCN(c4c(F)c(F)c(F)c(F)c4F)CC3)cc2)cc1. The molecule has 1 aliphatic heterocycles. The molecule has 0 atom stereocenters. The van der Waals surface area contributed by atoms with E-state index in [4.69, 9.17) is 17.0 Å². The third-order valence-corrected chi connectivity index (χ3v) is 6.59. The predicted octanol–water partition coefficient (Wildman–Crippen LogP) is 6.01. The summed E-state index contributed by atoms with van der Waals surface area (Å²) in [7, 11) is 0. The molecule has 212 valence electrons. The highest BCUT2D eigenvalue weighted by Crippen LogP contribution is 2.31. The first-order valence-electron chi connectivity index (χ1n) is 12.7. The van der Waals surface area contributed by atoms with E-state index >= 15 is 0 Å². The molecule has 1 amide bonds. The molecule has 12 heteroatoms. The molecule has 1 fully saturated rings. The number of thiocarbonyl (C=S) groups is 1. The fourth-order valence-corrected chi connectivity index (χ4v) is 4.40. The number of hydrogen-bond donors (Lipinski definition) is 2. The number of benzene rings is 3. The van der Waals surface area contributed by atoms with Crippen LogP contribution in [0.5, 0.6) is 5.75 Å². The summed E-state index contributed by atoms with van der Waals surface area (Å²) in [5.74, 6) is -9.45. The second-order valence-corrected chi connectivity index (χ2v) is 9.48. The average Bonchev–Trinajstić information content (AvgIpc) is 2.96. The minimum Gasteiger partial charge on any atom is -0.494 e. The van der Waals surface area contributed by atoms with Crippen LogP contribution < -0.4 is 25.2 Å². The van der Waals surface area contributed by atoms with E-state index in [0.717, 1.165) is 23.4 Å². The topological polar surface area (TPSA) is 56.8 Å². The molecule has 3 aromatic carbocycles. The van der Waals surface area contributed by atoms with E-state index < -0.39 is 34.8 Å². The fraction of sp³-hybridized carbons (Fsp3) is 0.286. The van der Waals surface area contributed by atoms with Crippen molar-refractivity contribution in [3.8, 4) is 5.75 Å². The molecular weight excluding hydrogens is 551 g/mol. The number of nitrogens with zero attached hydrogens (tertiary/aromatic N) is 2. The summed E-state index contributed by atoms with van der Waals surface area (Å²) in [5.41, 5.74) is 0.919. The fourth-order valence-electron chi connectivity index (χ4n) is 4.19. The molecule has 0 unspecified atom stereocenters. The van der Waals surface area contributed by atoms with Gasteiger partial charge in [0.05, 0.1) is 6.61 Å². The van der Waals surface area contributed by atoms with Gasteiger partial charge in [-0.2, -0.15) is 0 Å². The van der Waals surface area contributed by atoms with Gasteiger partial charge in [0.2, 0.25) is 5.82 Å². The Balaban J connectivity index is 1.29. The van der Waals surface area contributed by atoms with E-state index in [0.29, 0.717) is 36.7 Å². The highest BCUT2D eigenvalue weighted by atomic mass is 32.1. The predicted molar refractivity (Wildman–Crippen MR) is 148 cm³/mol. The smallest absolute Gasteiger partial charge is 0.257 e. The highest BCUT2D eigenvalue weighted by molar-refractivity contribution is 7.80. The van der Waals surface area contributed by atoms with Gasteiger partial charge in [0.1, 0.15) is 11.4 Å². The van der Waals surface area contributed by atoms with Crippen LogP contribution in [0.15, 0.2) is 48.5 Å². The van der Waals surface area contributed by atoms with Gasteiger partial charge in [-0.25, -0.2) is 22.0 Å². The van der Waals surface area contributed by atoms with Crippen LogP contribution >= 0.6 is 12.2 Å². The lowest BCUT2D eigenvalue weighted by Gasteiger charge is -2.37. The van der Waals surface area contributed by atoms with E-state index in [1.165, 1.54) is 0 Å². The number of halogens is 5. The third kappa shape index (κ3) is 6.61. The summed E-state index contributed by atoms with van der Waals surface area (Å²) in [6, 6.07) is 13.8. The first kappa shape index (κ1) is 29.1. The van der Waals surface area contributed by atoms with Crippen LogP contribution in [0.1, 0.15) is 30.1 Å². The first-order valence-corrected chi connectivity index (χ1v) is 13.1. The molecule has 6 nitrogen and oxygen atoms in total. The highest BCUT2D eigenvalue weighted by Gasteiger charge is 2.30. The Morgan fingerprint density at radius 3 is 1.95 bits per heavy atom. The molecule has 1 aliphatic rings. The molecule has 0 aromatic heterocycles. The number of rotatable bonds is 8. The minimum atomic E-state index is -2.17. The molecule has 3 aromatic rings. The number of amides is 1. The van der Waals surface area contributed by atoms with Crippen LogP contribution in [0.2, 0.25) is 0 Å². The Morgan fingerprint density at radius 2 is 1.38 bits per heavy atom. The molecule has 1 heterocycles. The number of unbranched alkanes of at least 4 members (excludes halogenated alkanes) is 1. The zero-order valence-corrected chi connectivity index (χ0v) is 22.4. The van der Waals surface area contributed by atoms with Gasteiger partial charge < -0.3 is 19.9 Å². The molecule has 1 saturated heterocycles. The first-order chi connectivity index (χ1) is 19.2. The van der Waals surface area contributed by atoms with E-state index in [9.17, 15) is 26.7 Å². The van der Waals surface area contributed by atoms with Crippen molar-refractivity contribution in [2.75, 3.05) is 47.9 Å². The van der Waals surface area contributed by atoms with Gasteiger partial charge in [-0.15, -0.1) is 0 Å². The van der Waals surface area contributed by atoms with Crippen LogP contribution in [0, 0.1) is 29.1 Å². The normalized spacial score (nSPS) is 13.2. The summed E-state index contributed by atoms with van der Waals surface area (Å²) < 4.78 is 74.5. The lowest BCUT2D eigenvalue weighted by molar-refractivity contribution is 0.0977. The van der Waals surface area contributed by atoms with Crippen LogP contribution in [0.3, 0.4) is 0 Å². The number of carbonyl (C=O) groups excluding carboxylic acids is 1. The molecule has 0 saturated carbocycles. The number of piperazine rings is 1. The summed E-state index contributed by atoms with van der Waals surface area (Å²) in [5, 5.41) is 5.67. The zero-order chi connectivity index (χ0) is 28.8. The van der Waals surface area contributed by atoms with Crippen molar-refractivity contribution in [2.45, 2.75) is 19.8 Å². The quantitative estimate of drug-likeness (QED) is 0.112. The maximum absolute atomic E-state index is 14.2. The number of hydrogen-bond acceptors (Lipinski definition) is 5. The Morgan fingerprint density at radius 1 is 0.825 bits per heavy atom. The minimum absolute atomic E-state index is 0.0559. The molecule has 0 spiro atoms. The van der Waals surface area contributed by atoms with Crippen molar-refractivity contribution in [3.05, 3.63) is 83.2 Å². The van der Waals surface area contributed by atoms with E-state index in [-0.39, 0.29) is 24.1 Å². The van der Waals surface area contributed by atoms with Crippen LogP contribution in [0.25, 0.3) is 0 Å². The van der Waals surface area contributed by atoms with Crippen LogP contribution in [0.4, 0.5) is 39.0 Å². The number of nitrogens with one attached hydrogen (secondary N) is 2. The van der Waals surface area contributed by atoms with Crippen LogP contribution in [-0.4, -0.2) is 43.8 Å². The summed E-state index contributed by atoms with van der Waals surface area (Å²) >= 11 is 5.25. The number of ether oxygens (including phenoxy) is 1. The molecule has 4 rings (SSSR count). The van der Waals surface area contributed by atoms with Gasteiger partial charge in [-0.05, 0) is 67.2 Å². The van der Waals surface area contributed by atoms with Gasteiger partial charge in [0, 0.05) is 43.1 Å². The van der Waals surface area contributed by atoms with Gasteiger partial charge >= 0.3 is 0 Å². The summed E-state index contributed by atoms with van der Waals surface area (Å²) in [6.07, 6.45) is 1.98. The van der Waals surface area contributed by atoms with Crippen LogP contribution in [-0.2, 0) is 0 Å². The lowest BCUT2D eigenvalue weighted by atomic mass is 10.2. The van der Waals surface area contributed by atoms with Crippen molar-refractivity contribution < 1.29 is 31.5 Å². The standard InChI is InChI=1S/C28H27F5N4O2S/c1-2-3-16-39-20-10-4-17(5-11-20)27(38)35-28(40)34-18-6-8-19(9-7-18)36-12-14-37(15-13-36)26-24(32)22(30)21(29)23(31)25(26)33/h4-11H,2-3,12-16H2,1H3,(H2,34,35,38,40). The lowest BCUT2D eigenvalue weighted by Crippen LogP contribution is -2.47. The molecule has 0 aliphatic carbocycles. The second kappa shape index (κ2) is 12.9. The maximum atomic E-state index is 14.2. The van der Waals surface area contributed by atoms with Crippen molar-refractivity contribution in [1.82, 2.24) is 5.32 Å². The van der Waals surface area contributed by atoms with Gasteiger partial charge in [-0.3, -0.25) is 10.1 Å². The molecule has 0 radical (unpaired) electrons. The van der Waals surface area contributed by atoms with Crippen molar-refractivity contribution in [1.29, 1.82) is 0 Å². The average molecular weight is 579 g/mol. The molecular formula is C28H27F5N4O2S. The van der Waals surface area contributed by atoms with E-state index in [1.807, 2.05) is 4.90 Å². The van der Waals surface area contributed by atoms with E-state index in [1.54, 1.807) is 48.5 Å². The van der Waals surface area contributed by atoms with Crippen molar-refractivity contribution >= 4 is 40.3 Å². The Labute approximate surface area is 233 Å². The van der Waals surface area contributed by atoms with Gasteiger partial charge in [0.25, 0.3) is 5.91 Å². The maximum Gasteiger partial charge on any atom is 0.257 e. The number of anilines is 3. The van der Waals surface area contributed by atoms with Gasteiger partial charge in [0.15, 0.2) is 28.4 Å². The Hall–Kier alpha value is -3.93. The summed E-state index contributed by atoms with van der Waals surface area (Å²) in [4.78, 5) is 15.6. The summed E-state index contributed by atoms with van der Waals surface area (Å²) in [6.45, 7) is 3.39. The van der Waals surface area contributed by atoms with Crippen molar-refractivity contribution in [2.24, 2.45) is 0 Å². The Bertz CT molecular complexity index is 1340. The molecule has 2 N–H and O–H groups in total. The largest absolute Gasteiger partial charge is 0.494 e. The third-order valence-electron chi connectivity index (χ3n) is 6.38. The van der Waals surface area contributed by atoms with Crippen molar-refractivity contribution in [3.63, 3.8) is 0 Å². The second-order valence-electron chi connectivity index (χ2n) is 9.07.